The summed E-state index contributed by atoms with van der Waals surface area (Å²) < 4.78 is 28.0. The lowest BCUT2D eigenvalue weighted by atomic mass is 10.2. The Labute approximate surface area is 226 Å². The number of halogens is 1. The molecule has 196 valence electrons. The minimum atomic E-state index is -3.70. The molecule has 3 aromatic rings. The Morgan fingerprint density at radius 3 is 2.38 bits per heavy atom. The number of sulfonamides is 1. The fourth-order valence-electron chi connectivity index (χ4n) is 4.12. The highest BCUT2D eigenvalue weighted by Gasteiger charge is 2.23. The van der Waals surface area contributed by atoms with Crippen LogP contribution in [0.3, 0.4) is 0 Å². The first-order chi connectivity index (χ1) is 17.8. The van der Waals surface area contributed by atoms with E-state index in [0.717, 1.165) is 48.1 Å². The van der Waals surface area contributed by atoms with Crippen molar-refractivity contribution in [3.05, 3.63) is 78.4 Å². The van der Waals surface area contributed by atoms with E-state index in [-0.39, 0.29) is 23.9 Å². The Morgan fingerprint density at radius 2 is 1.76 bits per heavy atom. The van der Waals surface area contributed by atoms with Crippen molar-refractivity contribution < 1.29 is 13.2 Å². The average molecular weight is 560 g/mol. The van der Waals surface area contributed by atoms with Crippen molar-refractivity contribution in [3.8, 4) is 0 Å². The van der Waals surface area contributed by atoms with Gasteiger partial charge in [0.25, 0.3) is 5.91 Å². The molecule has 1 saturated heterocycles. The number of hydrogen-bond donors (Lipinski definition) is 1. The van der Waals surface area contributed by atoms with Gasteiger partial charge in [0.05, 0.1) is 14.6 Å². The summed E-state index contributed by atoms with van der Waals surface area (Å²) in [6, 6.07) is 11.8. The van der Waals surface area contributed by atoms with Crippen molar-refractivity contribution >= 4 is 54.2 Å². The zero-order valence-electron chi connectivity index (χ0n) is 20.5. The van der Waals surface area contributed by atoms with E-state index in [1.54, 1.807) is 11.3 Å². The molecule has 1 amide bonds. The monoisotopic (exact) mass is 559 g/mol. The van der Waals surface area contributed by atoms with Crippen LogP contribution in [-0.2, 0) is 10.0 Å². The van der Waals surface area contributed by atoms with Gasteiger partial charge >= 0.3 is 0 Å². The van der Waals surface area contributed by atoms with Crippen LogP contribution in [0.1, 0.15) is 10.4 Å². The Kier molecular flexibility index (Phi) is 8.99. The van der Waals surface area contributed by atoms with E-state index < -0.39 is 10.0 Å². The molecule has 1 aliphatic rings. The molecule has 0 unspecified atom stereocenters. The lowest BCUT2D eigenvalue weighted by Crippen LogP contribution is -2.48. The van der Waals surface area contributed by atoms with Gasteiger partial charge in [0.2, 0.25) is 10.0 Å². The number of nitrogens with one attached hydrogen (secondary N) is 1. The second kappa shape index (κ2) is 12.2. The number of nitrogens with zero attached hydrogens (tertiary/aromatic N) is 4. The normalized spacial score (nSPS) is 14.7. The molecule has 2 aromatic carbocycles. The van der Waals surface area contributed by atoms with Crippen molar-refractivity contribution in [2.24, 2.45) is 0 Å². The molecular weight excluding hydrogens is 530 g/mol. The Balaban J connectivity index is 1.25. The zero-order chi connectivity index (χ0) is 26.4. The summed E-state index contributed by atoms with van der Waals surface area (Å²) in [6.45, 7) is 12.3. The molecule has 11 heteroatoms. The quantitative estimate of drug-likeness (QED) is 0.359. The van der Waals surface area contributed by atoms with E-state index in [1.807, 2.05) is 18.2 Å². The van der Waals surface area contributed by atoms with Crippen LogP contribution in [0.15, 0.2) is 72.7 Å². The first kappa shape index (κ1) is 27.3. The molecule has 37 heavy (non-hydrogen) atoms. The topological polar surface area (TPSA) is 85.8 Å². The van der Waals surface area contributed by atoms with E-state index in [1.165, 1.54) is 40.7 Å². The number of anilines is 1. The predicted molar refractivity (Wildman–Crippen MR) is 151 cm³/mol. The first-order valence-electron chi connectivity index (χ1n) is 12.0. The summed E-state index contributed by atoms with van der Waals surface area (Å²) in [5.74, 6) is -0.233. The number of piperazine rings is 1. The van der Waals surface area contributed by atoms with Gasteiger partial charge in [-0.1, -0.05) is 41.2 Å². The van der Waals surface area contributed by atoms with Gasteiger partial charge in [-0.3, -0.25) is 9.69 Å². The fraction of sp³-hybridized carbons (Fsp3) is 0.308. The van der Waals surface area contributed by atoms with E-state index >= 15 is 0 Å². The first-order valence-corrected chi connectivity index (χ1v) is 14.6. The van der Waals surface area contributed by atoms with Crippen LogP contribution in [-0.4, -0.2) is 80.9 Å². The third-order valence-corrected chi connectivity index (χ3v) is 9.37. The van der Waals surface area contributed by atoms with Gasteiger partial charge in [0.15, 0.2) is 5.13 Å². The number of aromatic nitrogens is 1. The van der Waals surface area contributed by atoms with Crippen LogP contribution in [0.5, 0.6) is 0 Å². The predicted octanol–water partition coefficient (Wildman–Crippen LogP) is 3.86. The smallest absolute Gasteiger partial charge is 0.251 e. The average Bonchev–Trinajstić information content (AvgIpc) is 3.35. The van der Waals surface area contributed by atoms with Gasteiger partial charge in [-0.2, -0.15) is 4.31 Å². The molecule has 0 saturated carbocycles. The number of carbonyl (C=O) groups is 1. The van der Waals surface area contributed by atoms with E-state index in [9.17, 15) is 13.2 Å². The number of para-hydroxylation sites is 1. The molecule has 8 nitrogen and oxygen atoms in total. The van der Waals surface area contributed by atoms with Crippen LogP contribution < -0.4 is 10.2 Å². The summed E-state index contributed by atoms with van der Waals surface area (Å²) in [6.07, 6.45) is 3.05. The summed E-state index contributed by atoms with van der Waals surface area (Å²) in [4.78, 5) is 22.0. The second-order valence-corrected chi connectivity index (χ2v) is 11.9. The maximum absolute atomic E-state index is 12.8. The van der Waals surface area contributed by atoms with Gasteiger partial charge < -0.3 is 10.2 Å². The molecule has 0 spiro atoms. The highest BCUT2D eigenvalue weighted by molar-refractivity contribution is 7.89. The van der Waals surface area contributed by atoms with Crippen molar-refractivity contribution in [2.45, 2.75) is 4.90 Å². The Hall–Kier alpha value is -2.76. The Bertz CT molecular complexity index is 1360. The number of rotatable bonds is 11. The maximum Gasteiger partial charge on any atom is 0.251 e. The maximum atomic E-state index is 12.8. The van der Waals surface area contributed by atoms with Crippen molar-refractivity contribution in [2.75, 3.05) is 57.3 Å². The highest BCUT2D eigenvalue weighted by atomic mass is 35.5. The summed E-state index contributed by atoms with van der Waals surface area (Å²) in [5, 5.41) is 4.59. The minimum Gasteiger partial charge on any atom is -0.351 e. The third-order valence-electron chi connectivity index (χ3n) is 6.13. The number of carbonyl (C=O) groups excluding carboxylic acids is 1. The summed E-state index contributed by atoms with van der Waals surface area (Å²) in [7, 11) is -3.70. The van der Waals surface area contributed by atoms with E-state index in [4.69, 9.17) is 16.6 Å². The molecule has 1 N–H and O–H groups in total. The molecule has 0 aliphatic carbocycles. The van der Waals surface area contributed by atoms with Gasteiger partial charge in [0, 0.05) is 57.9 Å². The standard InChI is InChI=1S/C26H30ClN5O3S2/c1-3-13-32(14-4-2)37(34,35)21-10-8-20(9-11-21)25(33)28-12-15-30-16-18-31(19-17-30)26-29-24-22(27)6-5-7-23(24)36-26/h3-11H,1-2,12-19H2,(H,28,33). The van der Waals surface area contributed by atoms with Gasteiger partial charge in [-0.25, -0.2) is 13.4 Å². The number of benzene rings is 2. The molecule has 1 fully saturated rings. The van der Waals surface area contributed by atoms with Gasteiger partial charge in [-0.15, -0.1) is 13.2 Å². The molecule has 0 bridgehead atoms. The largest absolute Gasteiger partial charge is 0.351 e. The number of fused-ring (bicyclic) bond motifs is 1. The van der Waals surface area contributed by atoms with Crippen LogP contribution in [0, 0.1) is 0 Å². The van der Waals surface area contributed by atoms with Crippen LogP contribution in [0.2, 0.25) is 5.02 Å². The second-order valence-electron chi connectivity index (χ2n) is 8.59. The Morgan fingerprint density at radius 1 is 1.08 bits per heavy atom. The van der Waals surface area contributed by atoms with Crippen LogP contribution in [0.25, 0.3) is 10.2 Å². The highest BCUT2D eigenvalue weighted by Crippen LogP contribution is 2.33. The molecule has 4 rings (SSSR count). The minimum absolute atomic E-state index is 0.126. The molecule has 1 aliphatic heterocycles. The van der Waals surface area contributed by atoms with Crippen LogP contribution >= 0.6 is 22.9 Å². The zero-order valence-corrected chi connectivity index (χ0v) is 22.9. The van der Waals surface area contributed by atoms with E-state index in [2.05, 4.69) is 28.3 Å². The SMILES string of the molecule is C=CCN(CC=C)S(=O)(=O)c1ccc(C(=O)NCCN2CCN(c3nc4c(Cl)cccc4s3)CC2)cc1. The van der Waals surface area contributed by atoms with Crippen molar-refractivity contribution in [1.29, 1.82) is 0 Å². The lowest BCUT2D eigenvalue weighted by molar-refractivity contribution is 0.0947. The fourth-order valence-corrected chi connectivity index (χ4v) is 6.82. The molecule has 1 aromatic heterocycles. The van der Waals surface area contributed by atoms with Crippen molar-refractivity contribution in [3.63, 3.8) is 0 Å². The molecule has 0 radical (unpaired) electrons. The summed E-state index contributed by atoms with van der Waals surface area (Å²) >= 11 is 7.92. The van der Waals surface area contributed by atoms with E-state index in [0.29, 0.717) is 17.1 Å². The molecule has 0 atom stereocenters. The van der Waals surface area contributed by atoms with Crippen LogP contribution in [0.4, 0.5) is 5.13 Å². The number of amides is 1. The summed E-state index contributed by atoms with van der Waals surface area (Å²) in [5.41, 5.74) is 1.27. The third kappa shape index (κ3) is 6.39. The number of hydrogen-bond acceptors (Lipinski definition) is 7. The van der Waals surface area contributed by atoms with Gasteiger partial charge in [-0.05, 0) is 36.4 Å². The lowest BCUT2D eigenvalue weighted by Gasteiger charge is -2.34. The van der Waals surface area contributed by atoms with Crippen molar-refractivity contribution in [1.82, 2.24) is 19.5 Å². The molecule has 2 heterocycles. The molecular formula is C26H30ClN5O3S2. The van der Waals surface area contributed by atoms with Gasteiger partial charge in [0.1, 0.15) is 5.52 Å². The number of thiazole rings is 1.